The van der Waals surface area contributed by atoms with Crippen LogP contribution < -0.4 is 10.9 Å². The first-order chi connectivity index (χ1) is 13.2. The number of pyridine rings is 1. The van der Waals surface area contributed by atoms with Crippen molar-refractivity contribution in [2.24, 2.45) is 0 Å². The Balaban J connectivity index is 1.39. The molecule has 6 nitrogen and oxygen atoms in total. The number of benzene rings is 1. The molecule has 0 spiro atoms. The minimum atomic E-state index is -0.362. The lowest BCUT2D eigenvalue weighted by Crippen LogP contribution is -2.40. The molecule has 27 heavy (non-hydrogen) atoms. The molecule has 1 amide bonds. The molecule has 0 radical (unpaired) electrons. The zero-order chi connectivity index (χ0) is 18.6. The Morgan fingerprint density at radius 2 is 1.81 bits per heavy atom. The van der Waals surface area contributed by atoms with E-state index < -0.39 is 0 Å². The number of nitrogens with zero attached hydrogens (tertiary/aromatic N) is 2. The Kier molecular flexibility index (Phi) is 4.87. The van der Waals surface area contributed by atoms with E-state index in [4.69, 9.17) is 0 Å². The number of aromatic nitrogens is 3. The first kappa shape index (κ1) is 17.3. The second-order valence-corrected chi connectivity index (χ2v) is 6.95. The number of carbonyl (C=O) groups is 1. The maximum absolute atomic E-state index is 12.5. The first-order valence-electron chi connectivity index (χ1n) is 9.29. The van der Waals surface area contributed by atoms with Gasteiger partial charge in [-0.25, -0.2) is 0 Å². The van der Waals surface area contributed by atoms with E-state index in [0.717, 1.165) is 31.2 Å². The molecule has 0 bridgehead atoms. The number of H-pyrrole nitrogens is 1. The van der Waals surface area contributed by atoms with Crippen LogP contribution in [0.5, 0.6) is 0 Å². The van der Waals surface area contributed by atoms with Gasteiger partial charge in [0.15, 0.2) is 0 Å². The largest absolute Gasteiger partial charge is 0.349 e. The van der Waals surface area contributed by atoms with Crippen molar-refractivity contribution in [1.29, 1.82) is 0 Å². The number of amides is 1. The molecule has 2 N–H and O–H groups in total. The average Bonchev–Trinajstić information content (AvgIpc) is 3.24. The zero-order valence-corrected chi connectivity index (χ0v) is 15.0. The molecule has 1 aromatic carbocycles. The molecule has 2 heterocycles. The van der Waals surface area contributed by atoms with Gasteiger partial charge in [0, 0.05) is 24.1 Å². The third-order valence-electron chi connectivity index (χ3n) is 5.17. The van der Waals surface area contributed by atoms with Crippen molar-refractivity contribution < 1.29 is 4.79 Å². The van der Waals surface area contributed by atoms with Crippen LogP contribution in [0.3, 0.4) is 0 Å². The zero-order valence-electron chi connectivity index (χ0n) is 15.0. The molecule has 0 saturated heterocycles. The molecule has 6 heteroatoms. The molecule has 2 aromatic heterocycles. The fourth-order valence-corrected chi connectivity index (χ4v) is 3.68. The topological polar surface area (TPSA) is 79.8 Å². The molecule has 1 fully saturated rings. The Labute approximate surface area is 157 Å². The van der Waals surface area contributed by atoms with Crippen LogP contribution in [-0.2, 0) is 0 Å². The van der Waals surface area contributed by atoms with E-state index in [9.17, 15) is 9.59 Å². The highest BCUT2D eigenvalue weighted by molar-refractivity contribution is 5.94. The summed E-state index contributed by atoms with van der Waals surface area (Å²) in [5.41, 5.74) is 1.42. The summed E-state index contributed by atoms with van der Waals surface area (Å²) in [4.78, 5) is 27.7. The van der Waals surface area contributed by atoms with E-state index in [1.807, 2.05) is 47.3 Å². The third kappa shape index (κ3) is 3.84. The fraction of sp³-hybridized carbons (Fsp3) is 0.286. The Bertz CT molecular complexity index is 955. The van der Waals surface area contributed by atoms with Gasteiger partial charge in [-0.3, -0.25) is 14.3 Å². The van der Waals surface area contributed by atoms with Gasteiger partial charge in [0.2, 0.25) is 0 Å². The second-order valence-electron chi connectivity index (χ2n) is 6.95. The first-order valence-corrected chi connectivity index (χ1v) is 9.29. The standard InChI is InChI=1S/C21H22N4O2/c26-20(23-16-7-9-17(10-8-16)25-14-4-13-22-25)18-11-12-19(24-21(18)27)15-5-2-1-3-6-15/h1-6,11-14,16-17H,7-10H2,(H,23,26)(H,24,27). The lowest BCUT2D eigenvalue weighted by atomic mass is 9.91. The van der Waals surface area contributed by atoms with Crippen molar-refractivity contribution in [3.63, 3.8) is 0 Å². The molecule has 0 aliphatic heterocycles. The van der Waals surface area contributed by atoms with Gasteiger partial charge in [-0.2, -0.15) is 5.10 Å². The Morgan fingerprint density at radius 1 is 1.04 bits per heavy atom. The van der Waals surface area contributed by atoms with Gasteiger partial charge >= 0.3 is 0 Å². The van der Waals surface area contributed by atoms with Crippen LogP contribution in [0.2, 0.25) is 0 Å². The second kappa shape index (κ2) is 7.61. The van der Waals surface area contributed by atoms with Crippen molar-refractivity contribution in [2.75, 3.05) is 0 Å². The summed E-state index contributed by atoms with van der Waals surface area (Å²) < 4.78 is 1.99. The van der Waals surface area contributed by atoms with Gasteiger partial charge in [-0.05, 0) is 49.4 Å². The van der Waals surface area contributed by atoms with Crippen LogP contribution in [-0.4, -0.2) is 26.7 Å². The molecule has 1 aliphatic carbocycles. The maximum Gasteiger partial charge on any atom is 0.261 e. The summed E-state index contributed by atoms with van der Waals surface area (Å²) >= 11 is 0. The lowest BCUT2D eigenvalue weighted by Gasteiger charge is -2.29. The summed E-state index contributed by atoms with van der Waals surface area (Å²) in [5.74, 6) is -0.307. The highest BCUT2D eigenvalue weighted by Gasteiger charge is 2.24. The molecule has 4 rings (SSSR count). The monoisotopic (exact) mass is 362 g/mol. The van der Waals surface area contributed by atoms with Crippen LogP contribution >= 0.6 is 0 Å². The fourth-order valence-electron chi connectivity index (χ4n) is 3.68. The van der Waals surface area contributed by atoms with Gasteiger partial charge in [0.1, 0.15) is 5.56 Å². The number of rotatable bonds is 4. The summed E-state index contributed by atoms with van der Waals surface area (Å²) in [7, 11) is 0. The van der Waals surface area contributed by atoms with E-state index in [1.165, 1.54) is 0 Å². The van der Waals surface area contributed by atoms with Gasteiger partial charge in [0.05, 0.1) is 6.04 Å². The Hall–Kier alpha value is -3.15. The molecule has 138 valence electrons. The molecule has 3 aromatic rings. The van der Waals surface area contributed by atoms with Gasteiger partial charge < -0.3 is 10.3 Å². The number of hydrogen-bond acceptors (Lipinski definition) is 3. The van der Waals surface area contributed by atoms with Crippen molar-refractivity contribution >= 4 is 5.91 Å². The smallest absolute Gasteiger partial charge is 0.261 e. The quantitative estimate of drug-likeness (QED) is 0.748. The SMILES string of the molecule is O=C(NC1CCC(n2cccn2)CC1)c1ccc(-c2ccccc2)[nH]c1=O. The minimum absolute atomic E-state index is 0.0949. The van der Waals surface area contributed by atoms with E-state index >= 15 is 0 Å². The van der Waals surface area contributed by atoms with E-state index in [-0.39, 0.29) is 23.1 Å². The van der Waals surface area contributed by atoms with Crippen molar-refractivity contribution in [2.45, 2.75) is 37.8 Å². The van der Waals surface area contributed by atoms with Crippen LogP contribution in [0, 0.1) is 0 Å². The lowest BCUT2D eigenvalue weighted by molar-refractivity contribution is 0.0920. The van der Waals surface area contributed by atoms with Crippen molar-refractivity contribution in [3.05, 3.63) is 76.8 Å². The van der Waals surface area contributed by atoms with Crippen molar-refractivity contribution in [1.82, 2.24) is 20.1 Å². The predicted molar refractivity (Wildman–Crippen MR) is 103 cm³/mol. The van der Waals surface area contributed by atoms with Crippen LogP contribution in [0.15, 0.2) is 65.7 Å². The number of nitrogens with one attached hydrogen (secondary N) is 2. The van der Waals surface area contributed by atoms with Gasteiger partial charge in [0.25, 0.3) is 11.5 Å². The maximum atomic E-state index is 12.5. The third-order valence-corrected chi connectivity index (χ3v) is 5.17. The summed E-state index contributed by atoms with van der Waals surface area (Å²) in [6.45, 7) is 0. The number of hydrogen-bond donors (Lipinski definition) is 2. The van der Waals surface area contributed by atoms with Gasteiger partial charge in [-0.1, -0.05) is 30.3 Å². The molecule has 1 aliphatic rings. The van der Waals surface area contributed by atoms with E-state index in [0.29, 0.717) is 11.7 Å². The van der Waals surface area contributed by atoms with Crippen molar-refractivity contribution in [3.8, 4) is 11.3 Å². The number of aromatic amines is 1. The molecule has 0 atom stereocenters. The van der Waals surface area contributed by atoms with Crippen LogP contribution in [0.1, 0.15) is 42.1 Å². The number of carbonyl (C=O) groups excluding carboxylic acids is 1. The molecular weight excluding hydrogens is 340 g/mol. The van der Waals surface area contributed by atoms with Gasteiger partial charge in [-0.15, -0.1) is 0 Å². The average molecular weight is 362 g/mol. The normalized spacial score (nSPS) is 19.6. The van der Waals surface area contributed by atoms with E-state index in [2.05, 4.69) is 15.4 Å². The van der Waals surface area contributed by atoms with Crippen LogP contribution in [0.4, 0.5) is 0 Å². The van der Waals surface area contributed by atoms with E-state index in [1.54, 1.807) is 18.3 Å². The minimum Gasteiger partial charge on any atom is -0.349 e. The summed E-state index contributed by atoms with van der Waals surface area (Å²) in [5, 5.41) is 7.31. The highest BCUT2D eigenvalue weighted by Crippen LogP contribution is 2.27. The summed E-state index contributed by atoms with van der Waals surface area (Å²) in [6.07, 6.45) is 7.48. The van der Waals surface area contributed by atoms with Crippen LogP contribution in [0.25, 0.3) is 11.3 Å². The Morgan fingerprint density at radius 3 is 2.48 bits per heavy atom. The molecule has 0 unspecified atom stereocenters. The molecule has 1 saturated carbocycles. The molecular formula is C21H22N4O2. The summed E-state index contributed by atoms with van der Waals surface area (Å²) in [6, 6.07) is 15.4. The highest BCUT2D eigenvalue weighted by atomic mass is 16.2. The predicted octanol–water partition coefficient (Wildman–Crippen LogP) is 3.15.